The van der Waals surface area contributed by atoms with Gasteiger partial charge in [0.05, 0.1) is 18.1 Å². The molecule has 12 heteroatoms. The first kappa shape index (κ1) is 18.8. The van der Waals surface area contributed by atoms with Gasteiger partial charge in [0.15, 0.2) is 0 Å². The Kier molecular flexibility index (Phi) is 7.78. The Morgan fingerprint density at radius 3 is 1.53 bits per heavy atom. The summed E-state index contributed by atoms with van der Waals surface area (Å²) in [6.45, 7) is 2.42. The third-order valence-corrected chi connectivity index (χ3v) is 6.38. The van der Waals surface area contributed by atoms with Gasteiger partial charge in [-0.1, -0.05) is 6.08 Å². The molecule has 0 bridgehead atoms. The third-order valence-electron chi connectivity index (χ3n) is 1.05. The van der Waals surface area contributed by atoms with Crippen LogP contribution in [-0.4, -0.2) is 57.6 Å². The first-order chi connectivity index (χ1) is 7.37. The second kappa shape index (κ2) is 7.03. The molecule has 0 aromatic rings. The number of aliphatic hydroxyl groups excluding tert-OH is 1. The highest BCUT2D eigenvalue weighted by Crippen LogP contribution is 2.03. The van der Waals surface area contributed by atoms with E-state index in [0.29, 0.717) is 0 Å². The summed E-state index contributed by atoms with van der Waals surface area (Å²) >= 11 is 0. The minimum Gasteiger partial charge on any atom is -0.395 e. The van der Waals surface area contributed by atoms with Crippen LogP contribution in [-0.2, 0) is 28.1 Å². The molecule has 0 unspecified atom stereocenters. The standard InChI is InChI=1S/C5H10O5S2.H2O4S/c1-2-4-11(7,8)12(9,10)5-3-6;1-5(2,3)4/h2,6H,1,3-5H2;(H2,1,2,3,4). The van der Waals surface area contributed by atoms with Gasteiger partial charge < -0.3 is 5.11 Å². The van der Waals surface area contributed by atoms with Gasteiger partial charge in [0.25, 0.3) is 17.7 Å². The SMILES string of the molecule is C=CCS(=O)(=O)S(=O)(=O)CCO.O=S(=O)(O)O. The molecule has 0 aromatic heterocycles. The van der Waals surface area contributed by atoms with Crippen molar-refractivity contribution in [1.82, 2.24) is 0 Å². The van der Waals surface area contributed by atoms with Crippen LogP contribution in [0.5, 0.6) is 0 Å². The maximum absolute atomic E-state index is 10.9. The van der Waals surface area contributed by atoms with Crippen LogP contribution < -0.4 is 0 Å². The molecule has 0 aliphatic rings. The minimum absolute atomic E-state index is 0.616. The molecule has 0 saturated carbocycles. The molecule has 9 nitrogen and oxygen atoms in total. The largest absolute Gasteiger partial charge is 0.395 e. The molecule has 0 heterocycles. The molecule has 3 N–H and O–H groups in total. The van der Waals surface area contributed by atoms with Crippen LogP contribution in [0, 0.1) is 0 Å². The smallest absolute Gasteiger partial charge is 0.394 e. The monoisotopic (exact) mass is 312 g/mol. The topological polar surface area (TPSA) is 163 Å². The fourth-order valence-electron chi connectivity index (χ4n) is 0.487. The zero-order valence-corrected chi connectivity index (χ0v) is 10.9. The molecule has 17 heavy (non-hydrogen) atoms. The second-order valence-corrected chi connectivity index (χ2v) is 9.36. The highest BCUT2D eigenvalue weighted by Gasteiger charge is 2.27. The molecule has 104 valence electrons. The molecule has 0 spiro atoms. The van der Waals surface area contributed by atoms with Crippen molar-refractivity contribution in [3.63, 3.8) is 0 Å². The van der Waals surface area contributed by atoms with Crippen molar-refractivity contribution in [1.29, 1.82) is 0 Å². The molecular weight excluding hydrogens is 300 g/mol. The summed E-state index contributed by atoms with van der Waals surface area (Å²) in [7, 11) is -13.1. The Morgan fingerprint density at radius 1 is 0.941 bits per heavy atom. The molecule has 0 aromatic carbocycles. The van der Waals surface area contributed by atoms with Crippen LogP contribution in [0.1, 0.15) is 0 Å². The van der Waals surface area contributed by atoms with E-state index in [4.69, 9.17) is 22.6 Å². The van der Waals surface area contributed by atoms with Crippen molar-refractivity contribution in [2.45, 2.75) is 0 Å². The summed E-state index contributed by atoms with van der Waals surface area (Å²) in [5, 5.41) is 8.26. The van der Waals surface area contributed by atoms with Crippen molar-refractivity contribution in [2.75, 3.05) is 18.1 Å². The van der Waals surface area contributed by atoms with Crippen LogP contribution in [0.4, 0.5) is 0 Å². The fraction of sp³-hybridized carbons (Fsp3) is 0.600. The van der Waals surface area contributed by atoms with Crippen molar-refractivity contribution >= 4 is 28.1 Å². The van der Waals surface area contributed by atoms with Crippen LogP contribution in [0.15, 0.2) is 12.7 Å². The lowest BCUT2D eigenvalue weighted by Gasteiger charge is -2.00. The van der Waals surface area contributed by atoms with Gasteiger partial charge in [0.2, 0.25) is 0 Å². The normalized spacial score (nSPS) is 12.4. The molecule has 0 amide bonds. The summed E-state index contributed by atoms with van der Waals surface area (Å²) in [5.74, 6) is -1.38. The van der Waals surface area contributed by atoms with E-state index < -0.39 is 46.3 Å². The number of hydrogen-bond acceptors (Lipinski definition) is 7. The van der Waals surface area contributed by atoms with Crippen LogP contribution in [0.2, 0.25) is 0 Å². The van der Waals surface area contributed by atoms with Crippen LogP contribution >= 0.6 is 0 Å². The molecule has 0 radical (unpaired) electrons. The minimum atomic E-state index is -4.67. The highest BCUT2D eigenvalue weighted by atomic mass is 33.2. The lowest BCUT2D eigenvalue weighted by molar-refractivity contribution is 0.320. The van der Waals surface area contributed by atoms with E-state index in [1.54, 1.807) is 0 Å². The molecule has 0 aliphatic carbocycles. The van der Waals surface area contributed by atoms with E-state index in [2.05, 4.69) is 6.58 Å². The zero-order chi connectivity index (χ0) is 14.3. The van der Waals surface area contributed by atoms with E-state index in [0.717, 1.165) is 6.08 Å². The lowest BCUT2D eigenvalue weighted by atomic mass is 10.8. The van der Waals surface area contributed by atoms with E-state index in [1.165, 1.54) is 0 Å². The lowest BCUT2D eigenvalue weighted by Crippen LogP contribution is -2.22. The first-order valence-electron chi connectivity index (χ1n) is 3.74. The van der Waals surface area contributed by atoms with Gasteiger partial charge in [-0.2, -0.15) is 8.42 Å². The highest BCUT2D eigenvalue weighted by molar-refractivity contribution is 8.67. The molecule has 0 fully saturated rings. The Hall–Kier alpha value is -0.530. The van der Waals surface area contributed by atoms with E-state index in [-0.39, 0.29) is 0 Å². The number of aliphatic hydroxyl groups is 1. The Balaban J connectivity index is 0. The molecule has 0 saturated heterocycles. The second-order valence-electron chi connectivity index (χ2n) is 2.45. The van der Waals surface area contributed by atoms with Gasteiger partial charge in [-0.25, -0.2) is 16.8 Å². The fourth-order valence-corrected chi connectivity index (χ4v) is 3.36. The molecule has 0 rings (SSSR count). The quantitative estimate of drug-likeness (QED) is 0.303. The van der Waals surface area contributed by atoms with Gasteiger partial charge in [-0.05, 0) is 0 Å². The predicted octanol–water partition coefficient (Wildman–Crippen LogP) is -1.74. The Labute approximate surface area is 98.6 Å². The maximum Gasteiger partial charge on any atom is 0.394 e. The van der Waals surface area contributed by atoms with E-state index in [9.17, 15) is 16.8 Å². The van der Waals surface area contributed by atoms with Gasteiger partial charge in [-0.15, -0.1) is 6.58 Å². The Morgan fingerprint density at radius 2 is 1.29 bits per heavy atom. The Bertz CT molecular complexity index is 515. The average Bonchev–Trinajstić information content (AvgIpc) is 1.99. The summed E-state index contributed by atoms with van der Waals surface area (Å²) in [5.41, 5.74) is 0. The van der Waals surface area contributed by atoms with Crippen molar-refractivity contribution in [3.05, 3.63) is 12.7 Å². The van der Waals surface area contributed by atoms with Crippen LogP contribution in [0.25, 0.3) is 0 Å². The number of hydrogen-bond donors (Lipinski definition) is 3. The van der Waals surface area contributed by atoms with Crippen molar-refractivity contribution in [3.8, 4) is 0 Å². The van der Waals surface area contributed by atoms with E-state index >= 15 is 0 Å². The maximum atomic E-state index is 10.9. The molecular formula is C5H12O9S3. The van der Waals surface area contributed by atoms with Crippen molar-refractivity contribution in [2.24, 2.45) is 0 Å². The predicted molar refractivity (Wildman–Crippen MR) is 59.0 cm³/mol. The zero-order valence-electron chi connectivity index (χ0n) is 8.42. The summed E-state index contributed by atoms with van der Waals surface area (Å²) in [6.07, 6.45) is 0.990. The summed E-state index contributed by atoms with van der Waals surface area (Å²) in [4.78, 5) is 0. The van der Waals surface area contributed by atoms with Gasteiger partial charge in [0, 0.05) is 0 Å². The van der Waals surface area contributed by atoms with Gasteiger partial charge in [0.1, 0.15) is 0 Å². The van der Waals surface area contributed by atoms with E-state index in [1.807, 2.05) is 0 Å². The molecule has 0 atom stereocenters. The van der Waals surface area contributed by atoms with Gasteiger partial charge in [-0.3, -0.25) is 9.11 Å². The number of rotatable bonds is 5. The van der Waals surface area contributed by atoms with Crippen molar-refractivity contribution < 1.29 is 39.5 Å². The third kappa shape index (κ3) is 10.3. The summed E-state index contributed by atoms with van der Waals surface area (Å²) < 4.78 is 75.0. The molecule has 0 aliphatic heterocycles. The first-order valence-corrected chi connectivity index (χ1v) is 8.96. The average molecular weight is 312 g/mol. The summed E-state index contributed by atoms with van der Waals surface area (Å²) in [6, 6.07) is 0. The van der Waals surface area contributed by atoms with Crippen LogP contribution in [0.3, 0.4) is 0 Å². The van der Waals surface area contributed by atoms with Gasteiger partial charge >= 0.3 is 10.4 Å².